The van der Waals surface area contributed by atoms with Crippen LogP contribution in [0.5, 0.6) is 0 Å². The van der Waals surface area contributed by atoms with Gasteiger partial charge in [0.05, 0.1) is 0 Å². The molecule has 5 nitrogen and oxygen atoms in total. The number of benzene rings is 1. The van der Waals surface area contributed by atoms with Crippen molar-refractivity contribution in [3.63, 3.8) is 0 Å². The SMILES string of the molecule is [CH2]=[Bi][c]1cc(Cl)cc2c1[C@@H](C1CCCCC(CC(=O)CC(CCC)CCCCCC(=O)C(=O)N(C)C)CC1)c1ncc(Br)cc1CC2. The number of hydrogen-bond donors (Lipinski definition) is 0. The van der Waals surface area contributed by atoms with E-state index in [1.807, 2.05) is 6.20 Å². The molecular formula is C39H53BiBrClN2O3. The van der Waals surface area contributed by atoms with Crippen LogP contribution in [-0.2, 0) is 27.2 Å². The summed E-state index contributed by atoms with van der Waals surface area (Å²) in [6, 6.07) is 6.67. The molecule has 2 aromatic rings. The molecule has 0 spiro atoms. The van der Waals surface area contributed by atoms with Crippen molar-refractivity contribution >= 4 is 75.2 Å². The van der Waals surface area contributed by atoms with E-state index in [4.69, 9.17) is 16.6 Å². The summed E-state index contributed by atoms with van der Waals surface area (Å²) < 4.78 is 6.95. The van der Waals surface area contributed by atoms with Crippen molar-refractivity contribution in [1.29, 1.82) is 0 Å². The number of amides is 1. The molecule has 2 aliphatic carbocycles. The number of pyridine rings is 1. The second kappa shape index (κ2) is 19.2. The molecule has 0 radical (unpaired) electrons. The third kappa shape index (κ3) is 11.1. The van der Waals surface area contributed by atoms with Gasteiger partial charge in [-0.2, -0.15) is 0 Å². The molecule has 1 saturated carbocycles. The Morgan fingerprint density at radius 2 is 1.79 bits per heavy atom. The standard InChI is InChI=1S/C38H51BrClN2O3.CH2.Bi/c1-4-10-26(11-6-5-7-14-35(44)38(45)42(2)3)21-33(43)22-27-12-8-9-13-28(16-15-27)36-34-20-19-32(40)24-29(34)17-18-30-23-31(39)25-41-37(30)36;;/h19,23-28,36H,4-18,21-22H2,1-3H3;1H2;/t26?,27?,28?,36-;;/m1../s1. The number of rotatable bonds is 15. The number of carbonyl (C=O) groups excluding carboxylic acids is 3. The van der Waals surface area contributed by atoms with Crippen LogP contribution in [0.15, 0.2) is 28.9 Å². The van der Waals surface area contributed by atoms with E-state index in [0.29, 0.717) is 42.8 Å². The number of hydrogen-bond acceptors (Lipinski definition) is 4. The molecule has 4 rings (SSSR count). The zero-order valence-corrected chi connectivity index (χ0v) is 34.5. The molecule has 1 amide bonds. The van der Waals surface area contributed by atoms with Crippen molar-refractivity contribution in [3.05, 3.63) is 56.3 Å². The van der Waals surface area contributed by atoms with E-state index in [-0.39, 0.29) is 11.7 Å². The number of aromatic nitrogens is 1. The number of likely N-dealkylation sites (N-methyl/N-ethyl adjacent to an activating group) is 1. The molecule has 1 aromatic heterocycles. The molecule has 1 aromatic carbocycles. The predicted molar refractivity (Wildman–Crippen MR) is 199 cm³/mol. The van der Waals surface area contributed by atoms with E-state index < -0.39 is 28.7 Å². The van der Waals surface area contributed by atoms with Gasteiger partial charge in [0.15, 0.2) is 0 Å². The number of aryl methyl sites for hydroxylation is 2. The van der Waals surface area contributed by atoms with Crippen LogP contribution in [0.2, 0.25) is 5.02 Å². The fourth-order valence-corrected chi connectivity index (χ4v) is 11.6. The Bertz CT molecular complexity index is 1410. The zero-order valence-electron chi connectivity index (χ0n) is 28.7. The predicted octanol–water partition coefficient (Wildman–Crippen LogP) is 8.45. The summed E-state index contributed by atoms with van der Waals surface area (Å²) >= 11 is 9.23. The van der Waals surface area contributed by atoms with Crippen molar-refractivity contribution < 1.29 is 14.4 Å². The maximum atomic E-state index is 13.5. The molecule has 2 aliphatic rings. The van der Waals surface area contributed by atoms with Gasteiger partial charge in [-0.3, -0.25) is 9.59 Å². The normalized spacial score (nSPS) is 20.1. The topological polar surface area (TPSA) is 67.3 Å². The average Bonchev–Trinajstić information content (AvgIpc) is 3.18. The number of carbonyl (C=O) groups is 3. The van der Waals surface area contributed by atoms with Crippen LogP contribution in [0.3, 0.4) is 0 Å². The number of halogens is 2. The Balaban J connectivity index is 1.39. The van der Waals surface area contributed by atoms with E-state index in [1.54, 1.807) is 14.1 Å². The molecule has 47 heavy (non-hydrogen) atoms. The van der Waals surface area contributed by atoms with Gasteiger partial charge in [-0.25, -0.2) is 0 Å². The van der Waals surface area contributed by atoms with Crippen LogP contribution < -0.4 is 3.27 Å². The number of Topliss-reactive ketones (excluding diaryl/α,β-unsaturated/α-hetero) is 2. The van der Waals surface area contributed by atoms with Gasteiger partial charge in [0.2, 0.25) is 5.78 Å². The zero-order chi connectivity index (χ0) is 33.9. The molecule has 0 saturated heterocycles. The summed E-state index contributed by atoms with van der Waals surface area (Å²) in [5.41, 5.74) is 5.48. The Morgan fingerprint density at radius 1 is 1.02 bits per heavy atom. The Hall–Kier alpha value is -1.30. The molecule has 8 heteroatoms. The van der Waals surface area contributed by atoms with Gasteiger partial charge in [0.25, 0.3) is 5.91 Å². The molecular weight excluding hydrogens is 869 g/mol. The minimum absolute atomic E-state index is 0.271. The third-order valence-corrected chi connectivity index (χ3v) is 13.8. The first-order valence-electron chi connectivity index (χ1n) is 17.8. The van der Waals surface area contributed by atoms with Crippen molar-refractivity contribution in [1.82, 2.24) is 9.88 Å². The van der Waals surface area contributed by atoms with Crippen LogP contribution in [0.25, 0.3) is 0 Å². The Kier molecular flexibility index (Phi) is 15.7. The first kappa shape index (κ1) is 38.5. The summed E-state index contributed by atoms with van der Waals surface area (Å²) in [7, 11) is 3.24. The number of ketones is 2. The molecule has 4 atom stereocenters. The van der Waals surface area contributed by atoms with E-state index in [1.165, 1.54) is 49.8 Å². The molecule has 0 N–H and O–H groups in total. The monoisotopic (exact) mass is 920 g/mol. The van der Waals surface area contributed by atoms with E-state index in [2.05, 4.69) is 45.3 Å². The molecule has 1 fully saturated rings. The van der Waals surface area contributed by atoms with E-state index >= 15 is 0 Å². The molecule has 3 unspecified atom stereocenters. The summed E-state index contributed by atoms with van der Waals surface area (Å²) in [6.45, 7) is 2.20. The summed E-state index contributed by atoms with van der Waals surface area (Å²) in [5, 5.41) is 0.842. The fourth-order valence-electron chi connectivity index (χ4n) is 8.04. The first-order valence-corrected chi connectivity index (χ1v) is 23.2. The second-order valence-corrected chi connectivity index (χ2v) is 18.6. The van der Waals surface area contributed by atoms with Crippen LogP contribution in [0.1, 0.15) is 132 Å². The fraction of sp³-hybridized carbons (Fsp3) is 0.615. The van der Waals surface area contributed by atoms with Crippen LogP contribution >= 0.6 is 27.5 Å². The van der Waals surface area contributed by atoms with Gasteiger partial charge in [-0.05, 0) is 6.42 Å². The minimum atomic E-state index is -1.10. The van der Waals surface area contributed by atoms with Gasteiger partial charge in [-0.15, -0.1) is 0 Å². The first-order chi connectivity index (χ1) is 22.6. The summed E-state index contributed by atoms with van der Waals surface area (Å²) in [5.74, 6) is 1.34. The van der Waals surface area contributed by atoms with Gasteiger partial charge < -0.3 is 4.90 Å². The number of nitrogens with zero attached hydrogens (tertiary/aromatic N) is 2. The molecule has 0 bridgehead atoms. The van der Waals surface area contributed by atoms with Crippen molar-refractivity contribution in [2.24, 2.45) is 17.8 Å². The van der Waals surface area contributed by atoms with Crippen LogP contribution in [0.4, 0.5) is 0 Å². The third-order valence-electron chi connectivity index (χ3n) is 10.4. The number of unbranched alkanes of at least 4 members (excludes halogenated alkanes) is 2. The van der Waals surface area contributed by atoms with Crippen molar-refractivity contribution in [3.8, 4) is 0 Å². The Labute approximate surface area is 307 Å². The summed E-state index contributed by atoms with van der Waals surface area (Å²) in [6.07, 6.45) is 18.4. The van der Waals surface area contributed by atoms with E-state index in [9.17, 15) is 14.4 Å². The summed E-state index contributed by atoms with van der Waals surface area (Å²) in [4.78, 5) is 43.8. The van der Waals surface area contributed by atoms with Crippen LogP contribution in [0, 0.1) is 17.8 Å². The maximum absolute atomic E-state index is 13.5. The van der Waals surface area contributed by atoms with Gasteiger partial charge in [-0.1, -0.05) is 26.2 Å². The molecule has 1 heterocycles. The average molecular weight is 922 g/mol. The van der Waals surface area contributed by atoms with Crippen molar-refractivity contribution in [2.45, 2.75) is 122 Å². The van der Waals surface area contributed by atoms with Gasteiger partial charge in [0, 0.05) is 20.5 Å². The van der Waals surface area contributed by atoms with Crippen LogP contribution in [-0.4, -0.2) is 68.4 Å². The number of fused-ring (bicyclic) bond motifs is 2. The molecule has 0 aliphatic heterocycles. The molecule has 256 valence electrons. The van der Waals surface area contributed by atoms with Gasteiger partial charge >= 0.3 is 230 Å². The van der Waals surface area contributed by atoms with E-state index in [0.717, 1.165) is 80.1 Å². The Morgan fingerprint density at radius 3 is 2.53 bits per heavy atom. The quantitative estimate of drug-likeness (QED) is 0.102. The second-order valence-electron chi connectivity index (χ2n) is 14.1. The van der Waals surface area contributed by atoms with Crippen molar-refractivity contribution in [2.75, 3.05) is 14.1 Å². The van der Waals surface area contributed by atoms with Gasteiger partial charge in [0.1, 0.15) is 0 Å².